The molecule has 2 aromatic rings. The molecule has 0 spiro atoms. The first kappa shape index (κ1) is 8.99. The summed E-state index contributed by atoms with van der Waals surface area (Å²) in [4.78, 5) is 8.61. The zero-order valence-electron chi connectivity index (χ0n) is 8.49. The van der Waals surface area contributed by atoms with Crippen molar-refractivity contribution in [2.24, 2.45) is 7.05 Å². The van der Waals surface area contributed by atoms with Gasteiger partial charge in [0, 0.05) is 13.1 Å². The fourth-order valence-corrected chi connectivity index (χ4v) is 1.70. The van der Waals surface area contributed by atoms with Crippen LogP contribution in [0.5, 0.6) is 0 Å². The number of nitrogen functional groups attached to an aromatic ring is 1. The summed E-state index contributed by atoms with van der Waals surface area (Å²) in [5.41, 5.74) is 8.78. The summed E-state index contributed by atoms with van der Waals surface area (Å²) in [5.74, 6) is 0.555. The first-order valence-electron chi connectivity index (χ1n) is 4.78. The minimum absolute atomic E-state index is 0.555. The van der Waals surface area contributed by atoms with Crippen molar-refractivity contribution in [2.45, 2.75) is 19.8 Å². The Labute approximate surface area is 82.8 Å². The van der Waals surface area contributed by atoms with Crippen LogP contribution in [0.25, 0.3) is 11.0 Å². The largest absolute Gasteiger partial charge is 0.384 e. The normalized spacial score (nSPS) is 11.0. The van der Waals surface area contributed by atoms with Gasteiger partial charge in [-0.05, 0) is 6.42 Å². The van der Waals surface area contributed by atoms with Crippen LogP contribution in [0.15, 0.2) is 12.4 Å². The van der Waals surface area contributed by atoms with Gasteiger partial charge in [0.25, 0.3) is 0 Å². The molecule has 4 nitrogen and oxygen atoms in total. The lowest BCUT2D eigenvalue weighted by molar-refractivity contribution is 0.870. The van der Waals surface area contributed by atoms with Gasteiger partial charge < -0.3 is 10.3 Å². The maximum Gasteiger partial charge on any atom is 0.125 e. The zero-order chi connectivity index (χ0) is 10.1. The molecule has 74 valence electrons. The molecule has 0 unspecified atom stereocenters. The standard InChI is InChI=1S/C10H14N4/c1-3-4-7-10-8(5-9(11)13-7)12-6-14(10)2/h5-6H,3-4H2,1-2H3,(H2,11,13). The van der Waals surface area contributed by atoms with E-state index in [9.17, 15) is 0 Å². The first-order chi connectivity index (χ1) is 6.72. The van der Waals surface area contributed by atoms with E-state index in [1.165, 1.54) is 0 Å². The molecule has 0 fully saturated rings. The van der Waals surface area contributed by atoms with Gasteiger partial charge in [0.2, 0.25) is 0 Å². The van der Waals surface area contributed by atoms with Crippen molar-refractivity contribution in [1.82, 2.24) is 14.5 Å². The number of aromatic nitrogens is 3. The van der Waals surface area contributed by atoms with E-state index in [4.69, 9.17) is 5.73 Å². The van der Waals surface area contributed by atoms with Gasteiger partial charge in [0.15, 0.2) is 0 Å². The molecule has 0 aliphatic rings. The minimum Gasteiger partial charge on any atom is -0.384 e. The summed E-state index contributed by atoms with van der Waals surface area (Å²) < 4.78 is 1.99. The highest BCUT2D eigenvalue weighted by atomic mass is 15.0. The van der Waals surface area contributed by atoms with Crippen LogP contribution in [0.1, 0.15) is 19.0 Å². The first-order valence-corrected chi connectivity index (χ1v) is 4.78. The maximum absolute atomic E-state index is 5.70. The second-order valence-electron chi connectivity index (χ2n) is 3.47. The Morgan fingerprint density at radius 3 is 3.00 bits per heavy atom. The molecule has 2 aromatic heterocycles. The molecule has 0 saturated heterocycles. The minimum atomic E-state index is 0.555. The fraction of sp³-hybridized carbons (Fsp3) is 0.400. The lowest BCUT2D eigenvalue weighted by atomic mass is 10.2. The number of anilines is 1. The van der Waals surface area contributed by atoms with Crippen molar-refractivity contribution in [1.29, 1.82) is 0 Å². The second-order valence-corrected chi connectivity index (χ2v) is 3.47. The van der Waals surface area contributed by atoms with Crippen LogP contribution < -0.4 is 5.73 Å². The van der Waals surface area contributed by atoms with E-state index in [2.05, 4.69) is 16.9 Å². The Morgan fingerprint density at radius 2 is 2.29 bits per heavy atom. The number of fused-ring (bicyclic) bond motifs is 1. The highest BCUT2D eigenvalue weighted by molar-refractivity contribution is 5.80. The van der Waals surface area contributed by atoms with Gasteiger partial charge in [0.05, 0.1) is 23.1 Å². The van der Waals surface area contributed by atoms with E-state index in [-0.39, 0.29) is 0 Å². The number of imidazole rings is 1. The molecule has 0 amide bonds. The molecule has 4 heteroatoms. The molecular formula is C10H14N4. The monoisotopic (exact) mass is 190 g/mol. The summed E-state index contributed by atoms with van der Waals surface area (Å²) in [6.45, 7) is 2.13. The van der Waals surface area contributed by atoms with Crippen molar-refractivity contribution in [3.05, 3.63) is 18.1 Å². The topological polar surface area (TPSA) is 56.7 Å². The number of nitrogens with two attached hydrogens (primary N) is 1. The quantitative estimate of drug-likeness (QED) is 0.780. The van der Waals surface area contributed by atoms with Crippen molar-refractivity contribution in [3.8, 4) is 0 Å². The Kier molecular flexibility index (Phi) is 2.11. The SMILES string of the molecule is CCCc1nc(N)cc2ncn(C)c12. The lowest BCUT2D eigenvalue weighted by Gasteiger charge is -2.03. The highest BCUT2D eigenvalue weighted by Crippen LogP contribution is 2.18. The third-order valence-corrected chi connectivity index (χ3v) is 2.27. The van der Waals surface area contributed by atoms with Gasteiger partial charge >= 0.3 is 0 Å². The van der Waals surface area contributed by atoms with E-state index in [0.29, 0.717) is 5.82 Å². The molecular weight excluding hydrogens is 176 g/mol. The Morgan fingerprint density at radius 1 is 1.50 bits per heavy atom. The van der Waals surface area contributed by atoms with E-state index in [0.717, 1.165) is 29.6 Å². The average Bonchev–Trinajstić information content (AvgIpc) is 2.48. The van der Waals surface area contributed by atoms with Crippen LogP contribution in [0.3, 0.4) is 0 Å². The predicted molar refractivity (Wildman–Crippen MR) is 56.9 cm³/mol. The summed E-state index contributed by atoms with van der Waals surface area (Å²) in [5, 5.41) is 0. The average molecular weight is 190 g/mol. The molecule has 2 heterocycles. The van der Waals surface area contributed by atoms with E-state index in [1.807, 2.05) is 17.7 Å². The zero-order valence-corrected chi connectivity index (χ0v) is 8.49. The van der Waals surface area contributed by atoms with Crippen LogP contribution in [-0.2, 0) is 13.5 Å². The van der Waals surface area contributed by atoms with Crippen LogP contribution >= 0.6 is 0 Å². The van der Waals surface area contributed by atoms with Gasteiger partial charge in [-0.25, -0.2) is 9.97 Å². The molecule has 0 aromatic carbocycles. The number of nitrogens with zero attached hydrogens (tertiary/aromatic N) is 3. The molecule has 0 atom stereocenters. The van der Waals surface area contributed by atoms with Crippen molar-refractivity contribution < 1.29 is 0 Å². The van der Waals surface area contributed by atoms with Gasteiger partial charge in [0.1, 0.15) is 5.82 Å². The van der Waals surface area contributed by atoms with E-state index >= 15 is 0 Å². The molecule has 0 aliphatic carbocycles. The molecule has 0 aliphatic heterocycles. The van der Waals surface area contributed by atoms with Crippen molar-refractivity contribution in [2.75, 3.05) is 5.73 Å². The number of hydrogen-bond acceptors (Lipinski definition) is 3. The molecule has 0 saturated carbocycles. The Balaban J connectivity index is 2.70. The van der Waals surface area contributed by atoms with Gasteiger partial charge in [-0.15, -0.1) is 0 Å². The van der Waals surface area contributed by atoms with Gasteiger partial charge in [-0.1, -0.05) is 13.3 Å². The molecule has 0 bridgehead atoms. The Bertz CT molecular complexity index is 458. The lowest BCUT2D eigenvalue weighted by Crippen LogP contribution is -1.99. The second kappa shape index (κ2) is 3.29. The highest BCUT2D eigenvalue weighted by Gasteiger charge is 2.07. The number of pyridine rings is 1. The van der Waals surface area contributed by atoms with Crippen LogP contribution in [0.4, 0.5) is 5.82 Å². The maximum atomic E-state index is 5.70. The van der Waals surface area contributed by atoms with E-state index in [1.54, 1.807) is 6.33 Å². The van der Waals surface area contributed by atoms with Crippen LogP contribution in [-0.4, -0.2) is 14.5 Å². The molecule has 14 heavy (non-hydrogen) atoms. The molecule has 2 rings (SSSR count). The summed E-state index contributed by atoms with van der Waals surface area (Å²) in [7, 11) is 1.98. The number of hydrogen-bond donors (Lipinski definition) is 1. The fourth-order valence-electron chi connectivity index (χ4n) is 1.70. The summed E-state index contributed by atoms with van der Waals surface area (Å²) in [6, 6.07) is 1.81. The van der Waals surface area contributed by atoms with E-state index < -0.39 is 0 Å². The number of aryl methyl sites for hydroxylation is 2. The predicted octanol–water partition coefficient (Wildman–Crippen LogP) is 1.50. The van der Waals surface area contributed by atoms with Gasteiger partial charge in [-0.2, -0.15) is 0 Å². The summed E-state index contributed by atoms with van der Waals surface area (Å²) >= 11 is 0. The van der Waals surface area contributed by atoms with Crippen LogP contribution in [0.2, 0.25) is 0 Å². The summed E-state index contributed by atoms with van der Waals surface area (Å²) in [6.07, 6.45) is 3.81. The molecule has 0 radical (unpaired) electrons. The van der Waals surface area contributed by atoms with Crippen LogP contribution in [0, 0.1) is 0 Å². The third kappa shape index (κ3) is 1.32. The Hall–Kier alpha value is -1.58. The smallest absolute Gasteiger partial charge is 0.125 e. The van der Waals surface area contributed by atoms with Crippen molar-refractivity contribution >= 4 is 16.9 Å². The number of rotatable bonds is 2. The molecule has 2 N–H and O–H groups in total. The van der Waals surface area contributed by atoms with Gasteiger partial charge in [-0.3, -0.25) is 0 Å². The third-order valence-electron chi connectivity index (χ3n) is 2.27. The van der Waals surface area contributed by atoms with Crippen molar-refractivity contribution in [3.63, 3.8) is 0 Å².